The van der Waals surface area contributed by atoms with Crippen molar-refractivity contribution in [2.24, 2.45) is 0 Å². The minimum absolute atomic E-state index is 0.0843. The number of para-hydroxylation sites is 1. The van der Waals surface area contributed by atoms with E-state index in [1.807, 2.05) is 36.4 Å². The lowest BCUT2D eigenvalue weighted by atomic mass is 9.84. The van der Waals surface area contributed by atoms with E-state index < -0.39 is 5.92 Å². The highest BCUT2D eigenvalue weighted by atomic mass is 16.5. The first-order chi connectivity index (χ1) is 21.5. The van der Waals surface area contributed by atoms with E-state index in [-0.39, 0.29) is 23.9 Å². The third-order valence-electron chi connectivity index (χ3n) is 8.18. The number of allylic oxidation sites excluding steroid dienone is 1. The number of fused-ring (bicyclic) bond motifs is 4. The molecular weight excluding hydrogens is 560 g/mol. The van der Waals surface area contributed by atoms with Crippen molar-refractivity contribution in [2.75, 3.05) is 27.4 Å². The van der Waals surface area contributed by atoms with Gasteiger partial charge >= 0.3 is 5.97 Å². The maximum Gasteiger partial charge on any atom is 0.312 e. The van der Waals surface area contributed by atoms with Crippen LogP contribution in [0.1, 0.15) is 50.5 Å². The van der Waals surface area contributed by atoms with Crippen LogP contribution >= 0.6 is 0 Å². The fraction of sp³-hybridized carbons (Fsp3) is 0.222. The third kappa shape index (κ3) is 5.02. The van der Waals surface area contributed by atoms with Gasteiger partial charge in [0.05, 0.1) is 39.4 Å². The van der Waals surface area contributed by atoms with Gasteiger partial charge in [-0.1, -0.05) is 36.4 Å². The molecule has 0 aromatic heterocycles. The van der Waals surface area contributed by atoms with Crippen LogP contribution < -0.4 is 28.4 Å². The topological polar surface area (TPSA) is 89.5 Å². The summed E-state index contributed by atoms with van der Waals surface area (Å²) >= 11 is 0. The Labute approximate surface area is 254 Å². The van der Waals surface area contributed by atoms with Crippen LogP contribution in [0, 0.1) is 0 Å². The number of hydrogen-bond donors (Lipinski definition) is 0. The van der Waals surface area contributed by atoms with Crippen molar-refractivity contribution in [1.82, 2.24) is 0 Å². The van der Waals surface area contributed by atoms with Crippen molar-refractivity contribution in [1.29, 1.82) is 0 Å². The van der Waals surface area contributed by atoms with Crippen LogP contribution in [0.15, 0.2) is 78.6 Å². The van der Waals surface area contributed by atoms with Crippen molar-refractivity contribution < 1.29 is 38.0 Å². The molecule has 3 aliphatic heterocycles. The Bertz CT molecular complexity index is 1820. The third-order valence-corrected chi connectivity index (χ3v) is 8.18. The lowest BCUT2D eigenvalue weighted by molar-refractivity contribution is -0.135. The molecule has 0 aliphatic carbocycles. The molecule has 3 aliphatic rings. The number of methoxy groups -OCH3 is 2. The number of ketones is 1. The number of Topliss-reactive ketones (excluding diaryl/α,β-unsaturated/α-hetero) is 1. The average Bonchev–Trinajstić information content (AvgIpc) is 3.64. The zero-order chi connectivity index (χ0) is 30.2. The summed E-state index contributed by atoms with van der Waals surface area (Å²) in [7, 11) is 3.12. The molecule has 8 nitrogen and oxygen atoms in total. The summed E-state index contributed by atoms with van der Waals surface area (Å²) in [6.07, 6.45) is 3.40. The summed E-state index contributed by atoms with van der Waals surface area (Å²) in [5.41, 5.74) is 5.01. The highest BCUT2D eigenvalue weighted by Gasteiger charge is 2.39. The maximum absolute atomic E-state index is 13.5. The molecule has 8 heteroatoms. The smallest absolute Gasteiger partial charge is 0.312 e. The van der Waals surface area contributed by atoms with Gasteiger partial charge in [-0.15, -0.1) is 0 Å². The molecule has 4 aromatic carbocycles. The molecule has 3 heterocycles. The second-order valence-corrected chi connectivity index (χ2v) is 10.8. The van der Waals surface area contributed by atoms with Crippen LogP contribution in [-0.4, -0.2) is 39.2 Å². The molecule has 0 spiro atoms. The van der Waals surface area contributed by atoms with Gasteiger partial charge in [0.2, 0.25) is 5.78 Å². The molecule has 0 saturated carbocycles. The Morgan fingerprint density at radius 3 is 2.57 bits per heavy atom. The van der Waals surface area contributed by atoms with Gasteiger partial charge < -0.3 is 28.4 Å². The SMILES string of the molecule is COc1ccc(/C=C2\Oc3c(ccc4c3C(c3ccccc3OCCc3ccc5c(c3)CCO5)CC(=O)O4)C2=O)cc1OC. The molecule has 1 unspecified atom stereocenters. The molecule has 0 fully saturated rings. The lowest BCUT2D eigenvalue weighted by Gasteiger charge is -2.27. The van der Waals surface area contributed by atoms with Crippen LogP contribution in [0.25, 0.3) is 6.08 Å². The molecular formula is C36H30O8. The summed E-state index contributed by atoms with van der Waals surface area (Å²) in [5, 5.41) is 0. The van der Waals surface area contributed by atoms with Gasteiger partial charge in [-0.3, -0.25) is 9.59 Å². The Hall–Kier alpha value is -5.24. The molecule has 222 valence electrons. The first-order valence-corrected chi connectivity index (χ1v) is 14.5. The largest absolute Gasteiger partial charge is 0.493 e. The standard InChI is InChI=1S/C36H30O8/c1-39-29-11-8-22(18-31(29)40-2)19-32-35(38)25-9-12-30-34(36(25)44-32)26(20-33(37)43-30)24-5-3-4-6-28(24)42-15-13-21-7-10-27-23(17-21)14-16-41-27/h3-12,17-19,26H,13-16,20H2,1-2H3/b32-19-. The van der Waals surface area contributed by atoms with Gasteiger partial charge in [-0.2, -0.15) is 0 Å². The van der Waals surface area contributed by atoms with Gasteiger partial charge in [0.15, 0.2) is 17.3 Å². The number of hydrogen-bond acceptors (Lipinski definition) is 8. The first kappa shape index (κ1) is 27.6. The van der Waals surface area contributed by atoms with Crippen LogP contribution in [0.5, 0.6) is 34.5 Å². The van der Waals surface area contributed by atoms with Crippen molar-refractivity contribution >= 4 is 17.8 Å². The summed E-state index contributed by atoms with van der Waals surface area (Å²) in [6.45, 7) is 1.18. The van der Waals surface area contributed by atoms with E-state index in [1.54, 1.807) is 44.6 Å². The predicted octanol–water partition coefficient (Wildman–Crippen LogP) is 6.32. The maximum atomic E-state index is 13.5. The van der Waals surface area contributed by atoms with Crippen LogP contribution in [0.4, 0.5) is 0 Å². The van der Waals surface area contributed by atoms with Crippen LogP contribution in [-0.2, 0) is 17.6 Å². The zero-order valence-corrected chi connectivity index (χ0v) is 24.4. The van der Waals surface area contributed by atoms with Crippen LogP contribution in [0.2, 0.25) is 0 Å². The normalized spacial score (nSPS) is 17.2. The van der Waals surface area contributed by atoms with Gasteiger partial charge in [0.25, 0.3) is 0 Å². The van der Waals surface area contributed by atoms with Crippen molar-refractivity contribution in [3.8, 4) is 34.5 Å². The molecule has 0 saturated heterocycles. The quantitative estimate of drug-likeness (QED) is 0.134. The zero-order valence-electron chi connectivity index (χ0n) is 24.4. The van der Waals surface area contributed by atoms with Gasteiger partial charge in [0, 0.05) is 29.9 Å². The summed E-state index contributed by atoms with van der Waals surface area (Å²) in [4.78, 5) is 26.3. The van der Waals surface area contributed by atoms with Crippen molar-refractivity contribution in [2.45, 2.75) is 25.2 Å². The second kappa shape index (κ2) is 11.4. The van der Waals surface area contributed by atoms with Gasteiger partial charge in [-0.05, 0) is 59.2 Å². The molecule has 44 heavy (non-hydrogen) atoms. The van der Waals surface area contributed by atoms with E-state index >= 15 is 0 Å². The molecule has 4 aromatic rings. The second-order valence-electron chi connectivity index (χ2n) is 10.8. The monoisotopic (exact) mass is 590 g/mol. The number of ether oxygens (including phenoxy) is 6. The number of rotatable bonds is 8. The molecule has 0 radical (unpaired) electrons. The Kier molecular flexibility index (Phi) is 7.18. The van der Waals surface area contributed by atoms with E-state index in [0.717, 1.165) is 30.8 Å². The molecule has 0 bridgehead atoms. The number of benzene rings is 4. The minimum Gasteiger partial charge on any atom is -0.493 e. The summed E-state index contributed by atoms with van der Waals surface area (Å²) < 4.78 is 34.6. The van der Waals surface area contributed by atoms with E-state index in [9.17, 15) is 9.59 Å². The Balaban J connectivity index is 1.18. The fourth-order valence-electron chi connectivity index (χ4n) is 6.04. The predicted molar refractivity (Wildman–Crippen MR) is 162 cm³/mol. The lowest BCUT2D eigenvalue weighted by Crippen LogP contribution is -2.22. The van der Waals surface area contributed by atoms with E-state index in [4.69, 9.17) is 28.4 Å². The molecule has 0 amide bonds. The first-order valence-electron chi connectivity index (χ1n) is 14.5. The number of esters is 1. The van der Waals surface area contributed by atoms with Crippen LogP contribution in [0.3, 0.4) is 0 Å². The highest BCUT2D eigenvalue weighted by Crippen LogP contribution is 2.50. The fourth-order valence-corrected chi connectivity index (χ4v) is 6.04. The van der Waals surface area contributed by atoms with Crippen molar-refractivity contribution in [3.63, 3.8) is 0 Å². The minimum atomic E-state index is -0.428. The van der Waals surface area contributed by atoms with E-state index in [1.165, 1.54) is 11.1 Å². The van der Waals surface area contributed by atoms with Crippen molar-refractivity contribution in [3.05, 3.63) is 112 Å². The Morgan fingerprint density at radius 1 is 0.864 bits per heavy atom. The molecule has 7 rings (SSSR count). The summed E-state index contributed by atoms with van der Waals surface area (Å²) in [5.74, 6) is 2.65. The number of carbonyl (C=O) groups excluding carboxylic acids is 2. The molecule has 1 atom stereocenters. The average molecular weight is 591 g/mol. The summed E-state index contributed by atoms with van der Waals surface area (Å²) in [6, 6.07) is 22.6. The highest BCUT2D eigenvalue weighted by molar-refractivity contribution is 6.15. The van der Waals surface area contributed by atoms with E-state index in [2.05, 4.69) is 12.1 Å². The Morgan fingerprint density at radius 2 is 1.70 bits per heavy atom. The number of carbonyl (C=O) groups is 2. The van der Waals surface area contributed by atoms with Gasteiger partial charge in [-0.25, -0.2) is 0 Å². The molecule has 0 N–H and O–H groups in total. The van der Waals surface area contributed by atoms with E-state index in [0.29, 0.717) is 52.0 Å². The van der Waals surface area contributed by atoms with Gasteiger partial charge in [0.1, 0.15) is 23.0 Å².